The molecule has 5 fully saturated rings. The van der Waals surface area contributed by atoms with Gasteiger partial charge in [-0.25, -0.2) is 9.59 Å². The van der Waals surface area contributed by atoms with Crippen LogP contribution in [0.25, 0.3) is 0 Å². The number of carbonyl (C=O) groups is 3. The van der Waals surface area contributed by atoms with Gasteiger partial charge in [0.05, 0.1) is 24.8 Å². The summed E-state index contributed by atoms with van der Waals surface area (Å²) in [6, 6.07) is 15.1. The van der Waals surface area contributed by atoms with Crippen LogP contribution in [0.3, 0.4) is 0 Å². The summed E-state index contributed by atoms with van der Waals surface area (Å²) in [6.45, 7) is 13.2. The van der Waals surface area contributed by atoms with Gasteiger partial charge in [0.2, 0.25) is 5.91 Å². The molecule has 1 saturated heterocycles. The number of nitrogens with one attached hydrogen (secondary N) is 2. The molecule has 5 unspecified atom stereocenters. The third kappa shape index (κ3) is 8.46. The summed E-state index contributed by atoms with van der Waals surface area (Å²) in [6.07, 6.45) is 6.06. The van der Waals surface area contributed by atoms with E-state index in [0.29, 0.717) is 48.5 Å². The van der Waals surface area contributed by atoms with Crippen LogP contribution in [-0.2, 0) is 36.6 Å². The van der Waals surface area contributed by atoms with Gasteiger partial charge in [0.15, 0.2) is 0 Å². The summed E-state index contributed by atoms with van der Waals surface area (Å²) in [5, 5.41) is 6.23. The molecule has 5 atom stereocenters. The van der Waals surface area contributed by atoms with Gasteiger partial charge in [0.1, 0.15) is 23.5 Å². The van der Waals surface area contributed by atoms with Crippen molar-refractivity contribution in [2.24, 2.45) is 29.1 Å². The molecule has 7 rings (SSSR count). The van der Waals surface area contributed by atoms with Gasteiger partial charge in [-0.05, 0) is 119 Å². The molecular formula is C41H57BN2O8. The smallest absolute Gasteiger partial charge is 0.482 e. The highest BCUT2D eigenvalue weighted by atomic mass is 16.7. The second-order valence-electron chi connectivity index (χ2n) is 17.2. The summed E-state index contributed by atoms with van der Waals surface area (Å²) in [7, 11) is 0.903. The molecule has 5 aliphatic rings. The molecule has 2 amide bonds. The van der Waals surface area contributed by atoms with Gasteiger partial charge < -0.3 is 34.2 Å². The maximum atomic E-state index is 13.8. The van der Waals surface area contributed by atoms with E-state index in [1.165, 1.54) is 0 Å². The van der Waals surface area contributed by atoms with Gasteiger partial charge in [0.25, 0.3) is 0 Å². The molecule has 2 aromatic rings. The second kappa shape index (κ2) is 15.4. The summed E-state index contributed by atoms with van der Waals surface area (Å²) in [5.74, 6) is 0.988. The minimum atomic E-state index is -0.662. The van der Waals surface area contributed by atoms with Crippen molar-refractivity contribution in [2.45, 2.75) is 123 Å². The Morgan fingerprint density at radius 1 is 0.962 bits per heavy atom. The SMILES string of the molecule is COc1c(CC(NC(=O)CC2CCC(CNC(=O)OCc3ccccc3)CC2)B2OC3CC4CC(C4(C)C)C3(C)O2)cccc1C(=O)OC(C)(C)C. The van der Waals surface area contributed by atoms with Crippen molar-refractivity contribution in [3.05, 3.63) is 65.2 Å². The number of para-hydroxylation sites is 1. The van der Waals surface area contributed by atoms with Crippen LogP contribution < -0.4 is 15.4 Å². The number of benzene rings is 2. The van der Waals surface area contributed by atoms with Gasteiger partial charge in [-0.15, -0.1) is 0 Å². The van der Waals surface area contributed by atoms with E-state index in [0.717, 1.165) is 49.7 Å². The third-order valence-electron chi connectivity index (χ3n) is 12.2. The van der Waals surface area contributed by atoms with E-state index >= 15 is 0 Å². The number of ether oxygens (including phenoxy) is 3. The molecule has 1 heterocycles. The Hall–Kier alpha value is -3.57. The fraction of sp³-hybridized carbons (Fsp3) is 0.634. The first-order valence-corrected chi connectivity index (χ1v) is 19.1. The molecule has 0 aromatic heterocycles. The minimum absolute atomic E-state index is 0.0387. The molecule has 1 aliphatic heterocycles. The summed E-state index contributed by atoms with van der Waals surface area (Å²) >= 11 is 0. The molecule has 282 valence electrons. The summed E-state index contributed by atoms with van der Waals surface area (Å²) in [4.78, 5) is 39.3. The van der Waals surface area contributed by atoms with Crippen molar-refractivity contribution in [1.29, 1.82) is 0 Å². The molecule has 0 spiro atoms. The van der Waals surface area contributed by atoms with Gasteiger partial charge >= 0.3 is 19.2 Å². The van der Waals surface area contributed by atoms with Crippen molar-refractivity contribution in [3.8, 4) is 5.75 Å². The van der Waals surface area contributed by atoms with Crippen LogP contribution in [-0.4, -0.2) is 62.0 Å². The van der Waals surface area contributed by atoms with Gasteiger partial charge in [-0.3, -0.25) is 4.79 Å². The molecule has 0 radical (unpaired) electrons. The Labute approximate surface area is 309 Å². The maximum absolute atomic E-state index is 13.8. The lowest BCUT2D eigenvalue weighted by Crippen LogP contribution is -2.65. The first-order valence-electron chi connectivity index (χ1n) is 19.1. The number of alkyl carbamates (subject to hydrolysis) is 1. The van der Waals surface area contributed by atoms with Crippen LogP contribution in [0.1, 0.15) is 108 Å². The number of carbonyl (C=O) groups excluding carboxylic acids is 3. The number of esters is 1. The summed E-state index contributed by atoms with van der Waals surface area (Å²) < 4.78 is 30.4. The zero-order chi connectivity index (χ0) is 37.3. The van der Waals surface area contributed by atoms with E-state index in [9.17, 15) is 14.4 Å². The van der Waals surface area contributed by atoms with Crippen molar-refractivity contribution in [2.75, 3.05) is 13.7 Å². The quantitative estimate of drug-likeness (QED) is 0.177. The highest BCUT2D eigenvalue weighted by Gasteiger charge is 2.68. The average Bonchev–Trinajstić information content (AvgIpc) is 3.47. The topological polar surface area (TPSA) is 121 Å². The zero-order valence-electron chi connectivity index (χ0n) is 32.0. The average molecular weight is 717 g/mol. The largest absolute Gasteiger partial charge is 0.496 e. The Morgan fingerprint density at radius 2 is 1.67 bits per heavy atom. The lowest BCUT2D eigenvalue weighted by molar-refractivity contribution is -0.199. The lowest BCUT2D eigenvalue weighted by Gasteiger charge is -2.64. The first-order chi connectivity index (χ1) is 24.7. The van der Waals surface area contributed by atoms with Crippen LogP contribution in [0.4, 0.5) is 4.79 Å². The number of rotatable bonds is 12. The molecule has 4 aliphatic carbocycles. The van der Waals surface area contributed by atoms with E-state index in [4.69, 9.17) is 23.5 Å². The third-order valence-corrected chi connectivity index (χ3v) is 12.2. The van der Waals surface area contributed by atoms with E-state index in [-0.39, 0.29) is 30.0 Å². The molecule has 2 N–H and O–H groups in total. The second-order valence-corrected chi connectivity index (χ2v) is 17.2. The van der Waals surface area contributed by atoms with Crippen LogP contribution in [0.2, 0.25) is 0 Å². The zero-order valence-corrected chi connectivity index (χ0v) is 32.0. The van der Waals surface area contributed by atoms with Crippen molar-refractivity contribution in [3.63, 3.8) is 0 Å². The number of hydrogen-bond donors (Lipinski definition) is 2. The summed E-state index contributed by atoms with van der Waals surface area (Å²) in [5.41, 5.74) is 1.14. The number of amides is 2. The molecule has 4 saturated carbocycles. The molecule has 2 aromatic carbocycles. The van der Waals surface area contributed by atoms with Crippen molar-refractivity contribution < 1.29 is 37.9 Å². The van der Waals surface area contributed by atoms with Crippen LogP contribution in [0.5, 0.6) is 5.75 Å². The van der Waals surface area contributed by atoms with Gasteiger partial charge in [0, 0.05) is 13.0 Å². The van der Waals surface area contributed by atoms with Crippen LogP contribution in [0, 0.1) is 29.1 Å². The number of methoxy groups -OCH3 is 1. The van der Waals surface area contributed by atoms with Gasteiger partial charge in [-0.1, -0.05) is 56.3 Å². The maximum Gasteiger partial charge on any atom is 0.482 e. The number of hydrogen-bond acceptors (Lipinski definition) is 8. The monoisotopic (exact) mass is 716 g/mol. The molecule has 52 heavy (non-hydrogen) atoms. The molecule has 2 bridgehead atoms. The lowest BCUT2D eigenvalue weighted by atomic mass is 9.43. The minimum Gasteiger partial charge on any atom is -0.496 e. The van der Waals surface area contributed by atoms with E-state index < -0.39 is 36.3 Å². The normalized spacial score (nSPS) is 28.1. The van der Waals surface area contributed by atoms with Crippen molar-refractivity contribution in [1.82, 2.24) is 10.6 Å². The predicted octanol–water partition coefficient (Wildman–Crippen LogP) is 7.07. The molecule has 10 nitrogen and oxygen atoms in total. The fourth-order valence-electron chi connectivity index (χ4n) is 9.17. The highest BCUT2D eigenvalue weighted by Crippen LogP contribution is 2.65. The van der Waals surface area contributed by atoms with Gasteiger partial charge in [-0.2, -0.15) is 0 Å². The standard InChI is InChI=1S/C41H57BN2O8/c1-39(2,3)50-37(46)31-15-11-14-29(36(31)48-7)21-34(42-51-33-23-30-22-32(40(30,4)5)41(33,6)52-42)44-35(45)20-26-16-18-27(19-17-26)24-43-38(47)49-25-28-12-9-8-10-13-28/h8-15,26-27,30,32-34H,16-25H2,1-7H3,(H,43,47)(H,44,45). The molecule has 11 heteroatoms. The Morgan fingerprint density at radius 3 is 2.35 bits per heavy atom. The predicted molar refractivity (Wildman–Crippen MR) is 199 cm³/mol. The van der Waals surface area contributed by atoms with E-state index in [1.54, 1.807) is 13.2 Å². The van der Waals surface area contributed by atoms with Crippen LogP contribution in [0.15, 0.2) is 48.5 Å². The van der Waals surface area contributed by atoms with Crippen LogP contribution >= 0.6 is 0 Å². The fourth-order valence-corrected chi connectivity index (χ4v) is 9.17. The van der Waals surface area contributed by atoms with E-state index in [2.05, 4.69) is 31.4 Å². The Kier molecular flexibility index (Phi) is 11.3. The Balaban J connectivity index is 1.08. The highest BCUT2D eigenvalue weighted by molar-refractivity contribution is 6.48. The first kappa shape index (κ1) is 38.2. The van der Waals surface area contributed by atoms with E-state index in [1.807, 2.05) is 63.2 Å². The van der Waals surface area contributed by atoms with Crippen molar-refractivity contribution >= 4 is 25.1 Å². The Bertz CT molecular complexity index is 1590. The molecular weight excluding hydrogens is 659 g/mol.